The molecule has 608 valence electrons. The van der Waals surface area contributed by atoms with Gasteiger partial charge in [0.25, 0.3) is 0 Å². The molecule has 14 aliphatic heterocycles. The highest BCUT2D eigenvalue weighted by Crippen LogP contribution is 2.53. The molecule has 2 N–H and O–H groups in total. The number of fused-ring (bicyclic) bond motifs is 11. The predicted molar refractivity (Wildman–Crippen MR) is 451 cm³/mol. The second-order valence-corrected chi connectivity index (χ2v) is 39.6. The standard InChI is InChI=1S/C12H15N.C11H15N.C11H21N.C10H20N2.C10H19NO.C9H17N.2C8H15N.C7H14N2.C7H13NO/c1-13-7-9-6-10(8-13)12-5-3-2-4-11(9)12;1-12-8-6-10-4-2-3-5-11(10)7-9-12;1-12-9-7-11(8-10-12)5-3-2-4-6-11;1-12-8-4-10(5-9-12)2-6-11-7-3-10;1-11-7-5-10(6-8-11)4-2-3-9-12-10;1-10-7-6-8-4-2-3-5-9(8)10;1-9-6-4-8(2-3-8)5-7-9;1-9-5-7-3-2-4-8(7)6-9;1-9-3-2-6-4-8-5-7(6)9;1-8-4-6-2-3-7(5-8)9-6/h2-5,9-10H,6-8H2,1H3;2-5H,6-9H2,1H3;2-10H2,1H3;11H,2-9H2,1H3;2-9H2,1H3;8-9H,2-7H2,1H3;2-7H2,1H3;7-8H,2-6H2,1H3;6-8H,2-5H2,1H3;6-7H,2-5H2,1H3/t9-,10+;;;;;8-,9-;;;;6-,7+/m.....0..../s1. The molecule has 2 aromatic carbocycles. The number of likely N-dealkylation sites (N-methyl/N-ethyl adjacent to an activating group) is 4. The smallest absolute Gasteiger partial charge is 0.0707 e. The normalized spacial score (nSPS) is 34.0. The third-order valence-corrected chi connectivity index (χ3v) is 31.3. The summed E-state index contributed by atoms with van der Waals surface area (Å²) in [5.74, 6) is 5.83. The van der Waals surface area contributed by atoms with E-state index in [1.54, 1.807) is 22.3 Å². The third-order valence-electron chi connectivity index (χ3n) is 31.3. The van der Waals surface area contributed by atoms with Gasteiger partial charge < -0.3 is 69.1 Å². The van der Waals surface area contributed by atoms with Crippen molar-refractivity contribution in [3.63, 3.8) is 0 Å². The number of morpholine rings is 1. The molecule has 2 aromatic rings. The largest absolute Gasteiger partial charge is 0.375 e. The molecule has 107 heavy (non-hydrogen) atoms. The molecular weight excluding hydrogens is 1320 g/mol. The van der Waals surface area contributed by atoms with Crippen molar-refractivity contribution in [3.05, 3.63) is 70.8 Å². The van der Waals surface area contributed by atoms with Gasteiger partial charge in [0.1, 0.15) is 0 Å². The average molecular weight is 1480 g/mol. The van der Waals surface area contributed by atoms with Crippen LogP contribution in [0.15, 0.2) is 48.5 Å². The SMILES string of the molecule is CN1CC2CCCC2C1.CN1CCC2(CC1)CC2.CN1CCC2(CCCCC2)CC1.CN1CCC2(CCCCO2)CC1.CN1CCC2(CCNCC2)CC1.CN1CCC2CNCC21.CN1CC[C@@H]2CCCC[C@@H]21.CN1CCc2ccccc2CC1.CN1C[C@H]2CC[C@@H](C1)O2.CN1C[C@H]2C[C@@H](C1)c1ccccc12. The number of rotatable bonds is 0. The van der Waals surface area contributed by atoms with Crippen molar-refractivity contribution in [2.45, 2.75) is 260 Å². The van der Waals surface area contributed by atoms with Gasteiger partial charge >= 0.3 is 0 Å². The Kier molecular flexibility index (Phi) is 32.6. The molecule has 0 aromatic heterocycles. The molecule has 17 fully saturated rings. The molecule has 19 aliphatic rings. The topological polar surface area (TPSA) is 74.9 Å². The maximum absolute atomic E-state index is 5.93. The minimum atomic E-state index is 0.296. The highest BCUT2D eigenvalue weighted by molar-refractivity contribution is 5.40. The van der Waals surface area contributed by atoms with Gasteiger partial charge in [-0.05, 0) is 396 Å². The van der Waals surface area contributed by atoms with Crippen LogP contribution in [-0.2, 0) is 22.3 Å². The van der Waals surface area contributed by atoms with Crippen molar-refractivity contribution in [2.24, 2.45) is 39.9 Å². The van der Waals surface area contributed by atoms with Crippen LogP contribution >= 0.6 is 0 Å². The van der Waals surface area contributed by atoms with Crippen molar-refractivity contribution in [3.8, 4) is 0 Å². The number of piperidine rings is 6. The van der Waals surface area contributed by atoms with E-state index in [-0.39, 0.29) is 0 Å². The molecule has 14 heteroatoms. The average Bonchev–Trinajstić information content (AvgIpc) is 1.62. The van der Waals surface area contributed by atoms with Crippen LogP contribution < -0.4 is 10.6 Å². The molecule has 13 saturated heterocycles. The van der Waals surface area contributed by atoms with Crippen molar-refractivity contribution in [1.29, 1.82) is 0 Å². The fraction of sp³-hybridized carbons (Fsp3) is 0.871. The summed E-state index contributed by atoms with van der Waals surface area (Å²) in [5.41, 5.74) is 9.03. The van der Waals surface area contributed by atoms with Crippen LogP contribution in [-0.4, -0.2) is 300 Å². The van der Waals surface area contributed by atoms with Gasteiger partial charge in [0.05, 0.1) is 17.8 Å². The number of ether oxygens (including phenoxy) is 2. The van der Waals surface area contributed by atoms with Gasteiger partial charge in [-0.3, -0.25) is 0 Å². The predicted octanol–water partition coefficient (Wildman–Crippen LogP) is 14.4. The van der Waals surface area contributed by atoms with E-state index < -0.39 is 0 Å². The van der Waals surface area contributed by atoms with E-state index in [2.05, 4.69) is 179 Å². The van der Waals surface area contributed by atoms with Gasteiger partial charge in [-0.1, -0.05) is 87.1 Å². The number of likely N-dealkylation sites (tertiary alicyclic amines) is 9. The second kappa shape index (κ2) is 41.4. The summed E-state index contributed by atoms with van der Waals surface area (Å²) in [6.45, 7) is 29.1. The van der Waals surface area contributed by atoms with Crippen LogP contribution in [0.25, 0.3) is 0 Å². The Hall–Kier alpha value is -2.12. The fourth-order valence-corrected chi connectivity index (χ4v) is 23.3. The molecule has 21 rings (SSSR count). The molecule has 4 saturated carbocycles. The summed E-state index contributed by atoms with van der Waals surface area (Å²) in [6.07, 6.45) is 49.6. The van der Waals surface area contributed by atoms with Crippen molar-refractivity contribution < 1.29 is 9.47 Å². The molecule has 14 nitrogen and oxygen atoms in total. The van der Waals surface area contributed by atoms with E-state index >= 15 is 0 Å². The van der Waals surface area contributed by atoms with Gasteiger partial charge in [-0.25, -0.2) is 0 Å². The molecule has 0 amide bonds. The van der Waals surface area contributed by atoms with Crippen LogP contribution in [0, 0.1) is 39.9 Å². The van der Waals surface area contributed by atoms with E-state index in [4.69, 9.17) is 9.47 Å². The molecule has 4 spiro atoms. The summed E-state index contributed by atoms with van der Waals surface area (Å²) >= 11 is 0. The maximum atomic E-state index is 5.93. The number of hydrogen-bond donors (Lipinski definition) is 2. The molecule has 4 unspecified atom stereocenters. The van der Waals surface area contributed by atoms with Crippen molar-refractivity contribution in [2.75, 3.05) is 221 Å². The van der Waals surface area contributed by atoms with Crippen LogP contribution in [0.1, 0.15) is 240 Å². The Balaban J connectivity index is 0.000000112. The Morgan fingerprint density at radius 3 is 1.29 bits per heavy atom. The number of nitrogens with one attached hydrogen (secondary N) is 2. The van der Waals surface area contributed by atoms with Crippen molar-refractivity contribution in [1.82, 2.24) is 59.6 Å². The first kappa shape index (κ1) is 84.3. The summed E-state index contributed by atoms with van der Waals surface area (Å²) in [5, 5.41) is 6.87. The Labute approximate surface area is 657 Å². The summed E-state index contributed by atoms with van der Waals surface area (Å²) < 4.78 is 11.6. The Morgan fingerprint density at radius 1 is 0.327 bits per heavy atom. The van der Waals surface area contributed by atoms with E-state index in [1.165, 1.54) is 349 Å². The minimum Gasteiger partial charge on any atom is -0.375 e. The van der Waals surface area contributed by atoms with Crippen molar-refractivity contribution >= 4 is 0 Å². The number of hydrogen-bond acceptors (Lipinski definition) is 14. The van der Waals surface area contributed by atoms with Gasteiger partial charge in [-0.15, -0.1) is 0 Å². The lowest BCUT2D eigenvalue weighted by molar-refractivity contribution is -0.108. The van der Waals surface area contributed by atoms with Gasteiger partial charge in [-0.2, -0.15) is 0 Å². The van der Waals surface area contributed by atoms with E-state index in [0.717, 1.165) is 83.5 Å². The van der Waals surface area contributed by atoms with E-state index in [9.17, 15) is 0 Å². The first-order chi connectivity index (χ1) is 51.9. The summed E-state index contributed by atoms with van der Waals surface area (Å²) in [4.78, 5) is 24.6. The van der Waals surface area contributed by atoms with E-state index in [0.29, 0.717) is 17.8 Å². The molecule has 0 radical (unpaired) electrons. The number of benzene rings is 2. The lowest BCUT2D eigenvalue weighted by atomic mass is 9.68. The highest BCUT2D eigenvalue weighted by atomic mass is 16.5. The zero-order valence-corrected chi connectivity index (χ0v) is 71.0. The summed E-state index contributed by atoms with van der Waals surface area (Å²) in [7, 11) is 22.3. The molecule has 4 bridgehead atoms. The maximum Gasteiger partial charge on any atom is 0.0707 e. The molecule has 10 atom stereocenters. The van der Waals surface area contributed by atoms with Gasteiger partial charge in [0.15, 0.2) is 0 Å². The molecule has 5 aliphatic carbocycles. The molecular formula is C93H164N12O2. The highest BCUT2D eigenvalue weighted by Gasteiger charge is 2.45. The lowest BCUT2D eigenvalue weighted by Gasteiger charge is -2.43. The minimum absolute atomic E-state index is 0.296. The van der Waals surface area contributed by atoms with Crippen LogP contribution in [0.4, 0.5) is 0 Å². The third kappa shape index (κ3) is 25.2. The van der Waals surface area contributed by atoms with Crippen LogP contribution in [0.2, 0.25) is 0 Å². The zero-order chi connectivity index (χ0) is 74.6. The first-order valence-electron chi connectivity index (χ1n) is 45.6. The number of nitrogens with zero attached hydrogens (tertiary/aromatic N) is 10. The van der Waals surface area contributed by atoms with Gasteiger partial charge in [0, 0.05) is 90.7 Å². The second-order valence-electron chi connectivity index (χ2n) is 39.6. The van der Waals surface area contributed by atoms with Crippen LogP contribution in [0.3, 0.4) is 0 Å². The summed E-state index contributed by atoms with van der Waals surface area (Å²) in [6, 6.07) is 19.6. The Bertz CT molecular complexity index is 2640. The van der Waals surface area contributed by atoms with E-state index in [1.807, 2.05) is 0 Å². The molecule has 14 heterocycles. The first-order valence-corrected chi connectivity index (χ1v) is 45.6. The van der Waals surface area contributed by atoms with Gasteiger partial charge in [0.2, 0.25) is 0 Å². The fourth-order valence-electron chi connectivity index (χ4n) is 23.3. The van der Waals surface area contributed by atoms with Crippen LogP contribution in [0.5, 0.6) is 0 Å². The monoisotopic (exact) mass is 1480 g/mol. The quantitative estimate of drug-likeness (QED) is 0.263. The lowest BCUT2D eigenvalue weighted by Crippen LogP contribution is -2.46. The zero-order valence-electron chi connectivity index (χ0n) is 71.0. The Morgan fingerprint density at radius 2 is 0.776 bits per heavy atom.